The minimum Gasteiger partial charge on any atom is -0.311 e. The van der Waals surface area contributed by atoms with Crippen LogP contribution >= 0.6 is 27.5 Å². The fourth-order valence-corrected chi connectivity index (χ4v) is 3.31. The van der Waals surface area contributed by atoms with E-state index in [1.807, 2.05) is 12.1 Å². The monoisotopic (exact) mass is 344 g/mol. The van der Waals surface area contributed by atoms with Gasteiger partial charge in [0.2, 0.25) is 0 Å². The van der Waals surface area contributed by atoms with Crippen LogP contribution in [0.25, 0.3) is 0 Å². The molecule has 106 valence electrons. The molecule has 0 aromatic heterocycles. The zero-order valence-electron chi connectivity index (χ0n) is 11.3. The van der Waals surface area contributed by atoms with Gasteiger partial charge < -0.3 is 10.2 Å². The topological polar surface area (TPSA) is 15.3 Å². The molecule has 0 radical (unpaired) electrons. The lowest BCUT2D eigenvalue weighted by atomic mass is 10.2. The van der Waals surface area contributed by atoms with Gasteiger partial charge >= 0.3 is 0 Å². The van der Waals surface area contributed by atoms with Crippen molar-refractivity contribution in [3.8, 4) is 0 Å². The molecule has 1 fully saturated rings. The summed E-state index contributed by atoms with van der Waals surface area (Å²) in [5.41, 5.74) is 1.26. The highest BCUT2D eigenvalue weighted by molar-refractivity contribution is 9.10. The number of hydrogen-bond acceptors (Lipinski definition) is 2. The highest BCUT2D eigenvalue weighted by Crippen LogP contribution is 2.21. The molecule has 1 saturated heterocycles. The minimum atomic E-state index is 0.778. The van der Waals surface area contributed by atoms with Gasteiger partial charge in [0.05, 0.1) is 0 Å². The third kappa shape index (κ3) is 5.42. The van der Waals surface area contributed by atoms with E-state index < -0.39 is 0 Å². The third-order valence-corrected chi connectivity index (χ3v) is 4.61. The number of hydrogen-bond donors (Lipinski definition) is 1. The Hall–Kier alpha value is -0.0900. The first kappa shape index (κ1) is 15.3. The van der Waals surface area contributed by atoms with Crippen molar-refractivity contribution in [2.24, 2.45) is 0 Å². The second-order valence-corrected chi connectivity index (χ2v) is 6.46. The second kappa shape index (κ2) is 8.25. The summed E-state index contributed by atoms with van der Waals surface area (Å²) in [6, 6.07) is 5.97. The van der Waals surface area contributed by atoms with Crippen LogP contribution in [0.4, 0.5) is 0 Å². The molecular formula is C15H22BrClN2. The van der Waals surface area contributed by atoms with E-state index in [1.54, 1.807) is 0 Å². The van der Waals surface area contributed by atoms with Crippen molar-refractivity contribution in [2.75, 3.05) is 26.2 Å². The van der Waals surface area contributed by atoms with Gasteiger partial charge in [0.25, 0.3) is 0 Å². The van der Waals surface area contributed by atoms with E-state index >= 15 is 0 Å². The van der Waals surface area contributed by atoms with E-state index in [2.05, 4.69) is 32.2 Å². The van der Waals surface area contributed by atoms with Crippen LogP contribution in [0.15, 0.2) is 22.7 Å². The van der Waals surface area contributed by atoms with Crippen molar-refractivity contribution in [2.45, 2.75) is 32.2 Å². The van der Waals surface area contributed by atoms with E-state index in [-0.39, 0.29) is 0 Å². The molecule has 0 aliphatic carbocycles. The predicted octanol–water partition coefficient (Wildman–Crippen LogP) is 4.07. The van der Waals surface area contributed by atoms with Gasteiger partial charge in [-0.1, -0.05) is 46.4 Å². The number of benzene rings is 1. The van der Waals surface area contributed by atoms with Crippen LogP contribution in [0.2, 0.25) is 5.02 Å². The average molecular weight is 346 g/mol. The first-order valence-corrected chi connectivity index (χ1v) is 8.30. The molecule has 2 nitrogen and oxygen atoms in total. The zero-order valence-corrected chi connectivity index (χ0v) is 13.6. The summed E-state index contributed by atoms with van der Waals surface area (Å²) in [4.78, 5) is 2.58. The molecule has 1 aliphatic heterocycles. The van der Waals surface area contributed by atoms with Gasteiger partial charge in [0.1, 0.15) is 0 Å². The molecule has 0 bridgehead atoms. The molecule has 1 aliphatic rings. The molecule has 4 heteroatoms. The van der Waals surface area contributed by atoms with Crippen molar-refractivity contribution in [1.29, 1.82) is 0 Å². The molecule has 1 aromatic carbocycles. The Balaban J connectivity index is 1.68. The zero-order chi connectivity index (χ0) is 13.5. The number of rotatable bonds is 5. The lowest BCUT2D eigenvalue weighted by molar-refractivity contribution is 0.284. The fourth-order valence-electron chi connectivity index (χ4n) is 2.49. The lowest BCUT2D eigenvalue weighted by Crippen LogP contribution is -2.32. The summed E-state index contributed by atoms with van der Waals surface area (Å²) in [7, 11) is 0. The van der Waals surface area contributed by atoms with Crippen LogP contribution in [0.3, 0.4) is 0 Å². The number of nitrogens with one attached hydrogen (secondary N) is 1. The summed E-state index contributed by atoms with van der Waals surface area (Å²) in [6.45, 7) is 5.64. The maximum absolute atomic E-state index is 5.94. The Morgan fingerprint density at radius 2 is 1.89 bits per heavy atom. The molecule has 0 amide bonds. The first-order valence-electron chi connectivity index (χ1n) is 7.13. The summed E-state index contributed by atoms with van der Waals surface area (Å²) >= 11 is 9.49. The summed E-state index contributed by atoms with van der Waals surface area (Å²) in [6.07, 6.45) is 5.54. The van der Waals surface area contributed by atoms with Crippen LogP contribution in [0, 0.1) is 0 Å². The molecule has 0 spiro atoms. The van der Waals surface area contributed by atoms with Gasteiger partial charge in [0.15, 0.2) is 0 Å². The van der Waals surface area contributed by atoms with Crippen molar-refractivity contribution in [3.05, 3.63) is 33.3 Å². The van der Waals surface area contributed by atoms with Gasteiger partial charge in [0, 0.05) is 29.1 Å². The molecule has 19 heavy (non-hydrogen) atoms. The Morgan fingerprint density at radius 3 is 2.58 bits per heavy atom. The normalized spacial score (nSPS) is 17.4. The maximum Gasteiger partial charge on any atom is 0.0417 e. The molecule has 1 N–H and O–H groups in total. The fraction of sp³-hybridized carbons (Fsp3) is 0.600. The average Bonchev–Trinajstić information content (AvgIpc) is 2.65. The third-order valence-electron chi connectivity index (χ3n) is 3.63. The highest BCUT2D eigenvalue weighted by atomic mass is 79.9. The van der Waals surface area contributed by atoms with Crippen LogP contribution in [-0.4, -0.2) is 31.1 Å². The number of halogens is 2. The summed E-state index contributed by atoms with van der Waals surface area (Å²) in [5, 5.41) is 4.29. The Bertz CT molecular complexity index is 390. The molecule has 1 heterocycles. The maximum atomic E-state index is 5.94. The molecule has 0 saturated carbocycles. The van der Waals surface area contributed by atoms with E-state index in [0.717, 1.165) is 29.1 Å². The van der Waals surface area contributed by atoms with Gasteiger partial charge in [-0.3, -0.25) is 0 Å². The lowest BCUT2D eigenvalue weighted by Gasteiger charge is -2.19. The second-order valence-electron chi connectivity index (χ2n) is 5.17. The van der Waals surface area contributed by atoms with Crippen LogP contribution in [-0.2, 0) is 6.54 Å². The number of nitrogens with zero attached hydrogens (tertiary/aromatic N) is 1. The quantitative estimate of drug-likeness (QED) is 0.809. The molecular weight excluding hydrogens is 324 g/mol. The smallest absolute Gasteiger partial charge is 0.0417 e. The van der Waals surface area contributed by atoms with Crippen LogP contribution in [0.1, 0.15) is 31.2 Å². The van der Waals surface area contributed by atoms with Gasteiger partial charge in [-0.2, -0.15) is 0 Å². The van der Waals surface area contributed by atoms with E-state index in [4.69, 9.17) is 11.6 Å². The van der Waals surface area contributed by atoms with Gasteiger partial charge in [-0.05, 0) is 43.6 Å². The van der Waals surface area contributed by atoms with Crippen molar-refractivity contribution in [3.63, 3.8) is 0 Å². The molecule has 2 rings (SSSR count). The predicted molar refractivity (Wildman–Crippen MR) is 85.8 cm³/mol. The van der Waals surface area contributed by atoms with Crippen molar-refractivity contribution < 1.29 is 0 Å². The minimum absolute atomic E-state index is 0.778. The van der Waals surface area contributed by atoms with Gasteiger partial charge in [-0.25, -0.2) is 0 Å². The molecule has 1 aromatic rings. The number of likely N-dealkylation sites (tertiary alicyclic amines) is 1. The first-order chi connectivity index (χ1) is 9.25. The SMILES string of the molecule is Clc1ccc(CNCCN2CCCCCC2)c(Br)c1. The van der Waals surface area contributed by atoms with Crippen molar-refractivity contribution >= 4 is 27.5 Å². The highest BCUT2D eigenvalue weighted by Gasteiger charge is 2.08. The van der Waals surface area contributed by atoms with E-state index in [0.29, 0.717) is 0 Å². The Labute approximate surface area is 129 Å². The summed E-state index contributed by atoms with van der Waals surface area (Å²) < 4.78 is 1.09. The van der Waals surface area contributed by atoms with Gasteiger partial charge in [-0.15, -0.1) is 0 Å². The van der Waals surface area contributed by atoms with Crippen molar-refractivity contribution in [1.82, 2.24) is 10.2 Å². The van der Waals surface area contributed by atoms with E-state index in [9.17, 15) is 0 Å². The van der Waals surface area contributed by atoms with Crippen LogP contribution < -0.4 is 5.32 Å². The molecule has 0 unspecified atom stereocenters. The van der Waals surface area contributed by atoms with E-state index in [1.165, 1.54) is 44.3 Å². The standard InChI is InChI=1S/C15H22BrClN2/c16-15-11-14(17)6-5-13(15)12-18-7-10-19-8-3-1-2-4-9-19/h5-6,11,18H,1-4,7-10,12H2. The Kier molecular flexibility index (Phi) is 6.65. The van der Waals surface area contributed by atoms with Crippen LogP contribution in [0.5, 0.6) is 0 Å². The summed E-state index contributed by atoms with van der Waals surface area (Å²) in [5.74, 6) is 0. The molecule has 0 atom stereocenters. The Morgan fingerprint density at radius 1 is 1.16 bits per heavy atom. The largest absolute Gasteiger partial charge is 0.311 e.